The predicted molar refractivity (Wildman–Crippen MR) is 63.9 cm³/mol. The van der Waals surface area contributed by atoms with Crippen LogP contribution in [-0.4, -0.2) is 30.6 Å². The maximum atomic E-state index is 3.42. The van der Waals surface area contributed by atoms with E-state index in [9.17, 15) is 0 Å². The van der Waals surface area contributed by atoms with Crippen molar-refractivity contribution >= 4 is 0 Å². The Morgan fingerprint density at radius 1 is 1.33 bits per heavy atom. The van der Waals surface area contributed by atoms with Crippen LogP contribution in [0.5, 0.6) is 0 Å². The van der Waals surface area contributed by atoms with Crippen molar-refractivity contribution in [2.45, 2.75) is 26.4 Å². The van der Waals surface area contributed by atoms with Crippen LogP contribution in [0.3, 0.4) is 0 Å². The quantitative estimate of drug-likeness (QED) is 0.790. The van der Waals surface area contributed by atoms with Crippen LogP contribution in [-0.2, 0) is 6.54 Å². The number of piperazine rings is 1. The van der Waals surface area contributed by atoms with Gasteiger partial charge in [0.2, 0.25) is 0 Å². The van der Waals surface area contributed by atoms with Crippen LogP contribution in [0.15, 0.2) is 24.3 Å². The maximum Gasteiger partial charge on any atom is 0.0237 e. The van der Waals surface area contributed by atoms with E-state index in [4.69, 9.17) is 0 Å². The molecule has 0 aromatic heterocycles. The highest BCUT2D eigenvalue weighted by atomic mass is 15.2. The minimum absolute atomic E-state index is 0.653. The van der Waals surface area contributed by atoms with Gasteiger partial charge in [-0.25, -0.2) is 0 Å². The molecule has 0 aliphatic carbocycles. The van der Waals surface area contributed by atoms with Gasteiger partial charge in [0.15, 0.2) is 0 Å². The summed E-state index contributed by atoms with van der Waals surface area (Å²) < 4.78 is 0. The van der Waals surface area contributed by atoms with Crippen LogP contribution in [0.1, 0.15) is 18.1 Å². The van der Waals surface area contributed by atoms with Gasteiger partial charge in [0, 0.05) is 32.2 Å². The number of rotatable bonds is 2. The molecule has 82 valence electrons. The molecule has 0 saturated carbocycles. The van der Waals surface area contributed by atoms with E-state index in [0.717, 1.165) is 26.2 Å². The van der Waals surface area contributed by atoms with Gasteiger partial charge in [0.25, 0.3) is 0 Å². The molecule has 1 aromatic rings. The lowest BCUT2D eigenvalue weighted by Crippen LogP contribution is -2.49. The highest BCUT2D eigenvalue weighted by molar-refractivity contribution is 5.21. The smallest absolute Gasteiger partial charge is 0.0237 e. The van der Waals surface area contributed by atoms with E-state index < -0.39 is 0 Å². The van der Waals surface area contributed by atoms with Crippen molar-refractivity contribution in [1.82, 2.24) is 10.2 Å². The van der Waals surface area contributed by atoms with E-state index in [-0.39, 0.29) is 0 Å². The Labute approximate surface area is 92.3 Å². The molecule has 1 N–H and O–H groups in total. The summed E-state index contributed by atoms with van der Waals surface area (Å²) >= 11 is 0. The van der Waals surface area contributed by atoms with E-state index in [1.807, 2.05) is 0 Å². The second-order valence-electron chi connectivity index (χ2n) is 4.51. The summed E-state index contributed by atoms with van der Waals surface area (Å²) in [4.78, 5) is 2.54. The van der Waals surface area contributed by atoms with Crippen molar-refractivity contribution < 1.29 is 0 Å². The zero-order valence-corrected chi connectivity index (χ0v) is 9.66. The highest BCUT2D eigenvalue weighted by Crippen LogP contribution is 2.10. The number of hydrogen-bond donors (Lipinski definition) is 1. The zero-order valence-electron chi connectivity index (χ0n) is 9.66. The summed E-state index contributed by atoms with van der Waals surface area (Å²) in [6, 6.07) is 9.53. The first-order valence-electron chi connectivity index (χ1n) is 5.76. The first-order chi connectivity index (χ1) is 7.25. The predicted octanol–water partition coefficient (Wildman–Crippen LogP) is 1.79. The van der Waals surface area contributed by atoms with E-state index >= 15 is 0 Å². The number of nitrogens with zero attached hydrogens (tertiary/aromatic N) is 1. The molecular weight excluding hydrogens is 184 g/mol. The van der Waals surface area contributed by atoms with Gasteiger partial charge in [-0.1, -0.05) is 29.8 Å². The van der Waals surface area contributed by atoms with Gasteiger partial charge in [-0.05, 0) is 19.4 Å². The molecule has 1 heterocycles. The summed E-state index contributed by atoms with van der Waals surface area (Å²) in [6.45, 7) is 8.91. The van der Waals surface area contributed by atoms with Crippen LogP contribution in [0.2, 0.25) is 0 Å². The molecule has 15 heavy (non-hydrogen) atoms. The number of hydrogen-bond acceptors (Lipinski definition) is 2. The number of benzene rings is 1. The van der Waals surface area contributed by atoms with Crippen molar-refractivity contribution in [2.75, 3.05) is 19.6 Å². The Bertz CT molecular complexity index is 305. The molecule has 0 radical (unpaired) electrons. The van der Waals surface area contributed by atoms with Crippen LogP contribution < -0.4 is 5.32 Å². The summed E-state index contributed by atoms with van der Waals surface area (Å²) in [6.07, 6.45) is 0. The Morgan fingerprint density at radius 3 is 2.73 bits per heavy atom. The van der Waals surface area contributed by atoms with Gasteiger partial charge in [-0.15, -0.1) is 0 Å². The van der Waals surface area contributed by atoms with Crippen molar-refractivity contribution in [3.63, 3.8) is 0 Å². The first-order valence-corrected chi connectivity index (χ1v) is 5.76. The number of nitrogens with one attached hydrogen (secondary N) is 1. The summed E-state index contributed by atoms with van der Waals surface area (Å²) in [5, 5.41) is 3.42. The lowest BCUT2D eigenvalue weighted by molar-refractivity contribution is 0.165. The third kappa shape index (κ3) is 2.80. The summed E-state index contributed by atoms with van der Waals surface area (Å²) in [5.74, 6) is 0. The summed E-state index contributed by atoms with van der Waals surface area (Å²) in [5.41, 5.74) is 2.77. The average Bonchev–Trinajstić information content (AvgIpc) is 2.25. The van der Waals surface area contributed by atoms with Gasteiger partial charge in [0.1, 0.15) is 0 Å². The number of aryl methyl sites for hydroxylation is 1. The van der Waals surface area contributed by atoms with E-state index in [1.165, 1.54) is 11.1 Å². The van der Waals surface area contributed by atoms with Gasteiger partial charge in [-0.2, -0.15) is 0 Å². The van der Waals surface area contributed by atoms with E-state index in [2.05, 4.69) is 48.3 Å². The molecular formula is C13H20N2. The molecule has 0 amide bonds. The second-order valence-corrected chi connectivity index (χ2v) is 4.51. The van der Waals surface area contributed by atoms with Crippen molar-refractivity contribution in [2.24, 2.45) is 0 Å². The fraction of sp³-hybridized carbons (Fsp3) is 0.538. The van der Waals surface area contributed by atoms with E-state index in [0.29, 0.717) is 6.04 Å². The van der Waals surface area contributed by atoms with Gasteiger partial charge < -0.3 is 5.32 Å². The SMILES string of the molecule is Cc1ccc(CN2CCNC[C@@H]2C)cc1. The topological polar surface area (TPSA) is 15.3 Å². The Hall–Kier alpha value is -0.860. The average molecular weight is 204 g/mol. The largest absolute Gasteiger partial charge is 0.314 e. The standard InChI is InChI=1S/C13H20N2/c1-11-3-5-13(6-4-11)10-15-8-7-14-9-12(15)2/h3-6,12,14H,7-10H2,1-2H3/t12-/m0/s1. The zero-order chi connectivity index (χ0) is 10.7. The van der Waals surface area contributed by atoms with Gasteiger partial charge >= 0.3 is 0 Å². The molecule has 2 rings (SSSR count). The molecule has 2 nitrogen and oxygen atoms in total. The Morgan fingerprint density at radius 2 is 2.07 bits per heavy atom. The third-order valence-electron chi connectivity index (χ3n) is 3.15. The van der Waals surface area contributed by atoms with Gasteiger partial charge in [0.05, 0.1) is 0 Å². The molecule has 0 spiro atoms. The van der Waals surface area contributed by atoms with Crippen LogP contribution in [0, 0.1) is 6.92 Å². The molecule has 1 atom stereocenters. The Balaban J connectivity index is 1.98. The van der Waals surface area contributed by atoms with E-state index in [1.54, 1.807) is 0 Å². The fourth-order valence-electron chi connectivity index (χ4n) is 2.05. The Kier molecular flexibility index (Phi) is 3.39. The lowest BCUT2D eigenvalue weighted by atomic mass is 10.1. The summed E-state index contributed by atoms with van der Waals surface area (Å²) in [7, 11) is 0. The van der Waals surface area contributed by atoms with Gasteiger partial charge in [-0.3, -0.25) is 4.90 Å². The molecule has 1 aliphatic heterocycles. The third-order valence-corrected chi connectivity index (χ3v) is 3.15. The molecule has 2 heteroatoms. The molecule has 1 aliphatic rings. The molecule has 1 saturated heterocycles. The molecule has 0 bridgehead atoms. The van der Waals surface area contributed by atoms with Crippen molar-refractivity contribution in [3.05, 3.63) is 35.4 Å². The highest BCUT2D eigenvalue weighted by Gasteiger charge is 2.17. The molecule has 0 unspecified atom stereocenters. The van der Waals surface area contributed by atoms with Crippen molar-refractivity contribution in [1.29, 1.82) is 0 Å². The lowest BCUT2D eigenvalue weighted by Gasteiger charge is -2.33. The minimum atomic E-state index is 0.653. The van der Waals surface area contributed by atoms with Crippen molar-refractivity contribution in [3.8, 4) is 0 Å². The maximum absolute atomic E-state index is 3.42. The van der Waals surface area contributed by atoms with Crippen LogP contribution in [0.4, 0.5) is 0 Å². The fourth-order valence-corrected chi connectivity index (χ4v) is 2.05. The van der Waals surface area contributed by atoms with Crippen LogP contribution >= 0.6 is 0 Å². The molecule has 1 aromatic carbocycles. The van der Waals surface area contributed by atoms with Crippen LogP contribution in [0.25, 0.3) is 0 Å². The minimum Gasteiger partial charge on any atom is -0.314 e. The second kappa shape index (κ2) is 4.77. The normalized spacial score (nSPS) is 22.9. The monoisotopic (exact) mass is 204 g/mol. The molecule has 1 fully saturated rings. The first kappa shape index (κ1) is 10.7.